The highest BCUT2D eigenvalue weighted by Crippen LogP contribution is 2.21. The first-order valence-electron chi connectivity index (χ1n) is 9.71. The van der Waals surface area contributed by atoms with Gasteiger partial charge in [0.15, 0.2) is 5.76 Å². The number of ether oxygens (including phenoxy) is 1. The molecule has 31 heavy (non-hydrogen) atoms. The fourth-order valence-corrected chi connectivity index (χ4v) is 3.18. The zero-order valence-corrected chi connectivity index (χ0v) is 17.9. The molecule has 0 bridgehead atoms. The number of rotatable bonds is 7. The van der Waals surface area contributed by atoms with Crippen molar-refractivity contribution >= 4 is 23.5 Å². The summed E-state index contributed by atoms with van der Waals surface area (Å²) in [7, 11) is 0. The fraction of sp³-hybridized carbons (Fsp3) is 0.174. The number of hydrogen-bond acceptors (Lipinski definition) is 5. The average Bonchev–Trinajstić information content (AvgIpc) is 3.40. The molecular weight excluding hydrogens is 416 g/mol. The zero-order chi connectivity index (χ0) is 21.8. The molecule has 1 amide bonds. The third kappa shape index (κ3) is 5.13. The molecule has 4 rings (SSSR count). The van der Waals surface area contributed by atoms with Gasteiger partial charge in [0.2, 0.25) is 5.95 Å². The van der Waals surface area contributed by atoms with Crippen molar-refractivity contribution in [2.24, 2.45) is 0 Å². The van der Waals surface area contributed by atoms with Gasteiger partial charge in [-0.15, -0.1) is 5.10 Å². The average molecular weight is 437 g/mol. The molecule has 8 heteroatoms. The summed E-state index contributed by atoms with van der Waals surface area (Å²) in [4.78, 5) is 16.6. The van der Waals surface area contributed by atoms with Crippen LogP contribution in [0.4, 0.5) is 5.95 Å². The largest absolute Gasteiger partial charge is 0.485 e. The molecule has 2 heterocycles. The van der Waals surface area contributed by atoms with Crippen molar-refractivity contribution in [2.75, 3.05) is 5.32 Å². The number of aromatic nitrogens is 3. The first-order valence-corrected chi connectivity index (χ1v) is 10.1. The van der Waals surface area contributed by atoms with Gasteiger partial charge < -0.3 is 9.15 Å². The fourth-order valence-electron chi connectivity index (χ4n) is 2.98. The molecule has 2 aromatic carbocycles. The Balaban J connectivity index is 1.35. The Morgan fingerprint density at radius 3 is 2.84 bits per heavy atom. The maximum Gasteiger partial charge on any atom is 0.293 e. The van der Waals surface area contributed by atoms with Crippen LogP contribution in [-0.4, -0.2) is 20.7 Å². The molecule has 0 fully saturated rings. The maximum atomic E-state index is 12.5. The summed E-state index contributed by atoms with van der Waals surface area (Å²) < 4.78 is 13.0. The van der Waals surface area contributed by atoms with Crippen molar-refractivity contribution in [2.45, 2.75) is 27.0 Å². The molecule has 2 aromatic heterocycles. The van der Waals surface area contributed by atoms with Gasteiger partial charge in [-0.2, -0.15) is 0 Å². The van der Waals surface area contributed by atoms with Gasteiger partial charge in [0.25, 0.3) is 5.91 Å². The van der Waals surface area contributed by atoms with Crippen molar-refractivity contribution in [3.8, 4) is 5.75 Å². The number of carbonyl (C=O) groups is 1. The Kier molecular flexibility index (Phi) is 6.04. The molecule has 0 saturated heterocycles. The molecule has 0 aliphatic carbocycles. The van der Waals surface area contributed by atoms with Gasteiger partial charge in [-0.1, -0.05) is 41.9 Å². The van der Waals surface area contributed by atoms with E-state index in [9.17, 15) is 4.79 Å². The number of furan rings is 1. The predicted molar refractivity (Wildman–Crippen MR) is 117 cm³/mol. The van der Waals surface area contributed by atoms with E-state index in [-0.39, 0.29) is 18.3 Å². The lowest BCUT2D eigenvalue weighted by molar-refractivity contribution is 0.0991. The van der Waals surface area contributed by atoms with Crippen molar-refractivity contribution in [1.82, 2.24) is 14.8 Å². The van der Waals surface area contributed by atoms with E-state index in [1.807, 2.05) is 56.3 Å². The van der Waals surface area contributed by atoms with Crippen LogP contribution < -0.4 is 10.1 Å². The number of benzene rings is 2. The van der Waals surface area contributed by atoms with Gasteiger partial charge in [-0.05, 0) is 54.8 Å². The molecular formula is C23H21ClN4O3. The Morgan fingerprint density at radius 1 is 1.16 bits per heavy atom. The molecule has 1 N–H and O–H groups in total. The zero-order valence-electron chi connectivity index (χ0n) is 17.1. The Bertz CT molecular complexity index is 1220. The van der Waals surface area contributed by atoms with Gasteiger partial charge in [-0.25, -0.2) is 9.67 Å². The van der Waals surface area contributed by atoms with Crippen LogP contribution in [0.5, 0.6) is 5.75 Å². The number of nitrogens with one attached hydrogen (secondary N) is 1. The number of anilines is 1. The van der Waals surface area contributed by atoms with Crippen LogP contribution in [0.3, 0.4) is 0 Å². The smallest absolute Gasteiger partial charge is 0.293 e. The van der Waals surface area contributed by atoms with Gasteiger partial charge in [0, 0.05) is 5.02 Å². The Labute approximate surface area is 184 Å². The molecule has 0 radical (unpaired) electrons. The van der Waals surface area contributed by atoms with Crippen LogP contribution in [0.2, 0.25) is 5.02 Å². The predicted octanol–water partition coefficient (Wildman–Crippen LogP) is 5.02. The van der Waals surface area contributed by atoms with Crippen molar-refractivity contribution in [3.63, 3.8) is 0 Å². The number of amides is 1. The topological polar surface area (TPSA) is 82.2 Å². The first-order chi connectivity index (χ1) is 15.0. The highest BCUT2D eigenvalue weighted by Gasteiger charge is 2.14. The molecule has 0 atom stereocenters. The summed E-state index contributed by atoms with van der Waals surface area (Å²) in [6, 6.07) is 16.8. The maximum absolute atomic E-state index is 12.5. The van der Waals surface area contributed by atoms with Crippen LogP contribution in [0, 0.1) is 13.8 Å². The third-order valence-corrected chi connectivity index (χ3v) is 5.02. The van der Waals surface area contributed by atoms with Crippen LogP contribution >= 0.6 is 11.6 Å². The second-order valence-electron chi connectivity index (χ2n) is 7.13. The lowest BCUT2D eigenvalue weighted by Crippen LogP contribution is -2.12. The number of carbonyl (C=O) groups excluding carboxylic acids is 1. The summed E-state index contributed by atoms with van der Waals surface area (Å²) in [5.74, 6) is 1.23. The van der Waals surface area contributed by atoms with Gasteiger partial charge in [0.1, 0.15) is 24.4 Å². The van der Waals surface area contributed by atoms with Crippen LogP contribution in [0.25, 0.3) is 0 Å². The Hall–Kier alpha value is -3.58. The molecule has 0 saturated carbocycles. The standard InChI is InChI=1S/C23H21ClN4O3/c1-15-7-8-16(2)21(11-15)30-13-18-9-10-20(31-18)22(29)26-23-25-14-28(27-23)12-17-5-3-4-6-19(17)24/h3-11,14H,12-13H2,1-2H3,(H,26,27,29). The lowest BCUT2D eigenvalue weighted by Gasteiger charge is -2.08. The normalized spacial score (nSPS) is 10.8. The number of halogens is 1. The van der Waals surface area contributed by atoms with E-state index in [0.29, 0.717) is 17.3 Å². The molecule has 0 aliphatic rings. The van der Waals surface area contributed by atoms with E-state index < -0.39 is 5.91 Å². The minimum absolute atomic E-state index is 0.155. The van der Waals surface area contributed by atoms with Crippen LogP contribution in [0.15, 0.2) is 65.3 Å². The van der Waals surface area contributed by atoms with Crippen molar-refractivity contribution in [1.29, 1.82) is 0 Å². The van der Waals surface area contributed by atoms with Gasteiger partial charge in [0.05, 0.1) is 6.54 Å². The van der Waals surface area contributed by atoms with E-state index in [1.54, 1.807) is 16.8 Å². The van der Waals surface area contributed by atoms with Gasteiger partial charge in [-0.3, -0.25) is 10.1 Å². The second kappa shape index (κ2) is 9.06. The number of aryl methyl sites for hydroxylation is 2. The molecule has 0 aliphatic heterocycles. The minimum atomic E-state index is -0.437. The summed E-state index contributed by atoms with van der Waals surface area (Å²) in [5, 5.41) is 7.54. The van der Waals surface area contributed by atoms with E-state index in [1.165, 1.54) is 6.33 Å². The SMILES string of the molecule is Cc1ccc(C)c(OCc2ccc(C(=O)Nc3ncn(Cc4ccccc4Cl)n3)o2)c1. The molecule has 7 nitrogen and oxygen atoms in total. The molecule has 0 unspecified atom stereocenters. The van der Waals surface area contributed by atoms with E-state index in [2.05, 4.69) is 15.4 Å². The summed E-state index contributed by atoms with van der Waals surface area (Å²) in [6.07, 6.45) is 1.53. The number of nitrogens with zero attached hydrogens (tertiary/aromatic N) is 3. The number of hydrogen-bond donors (Lipinski definition) is 1. The molecule has 158 valence electrons. The minimum Gasteiger partial charge on any atom is -0.485 e. The Morgan fingerprint density at radius 2 is 2.00 bits per heavy atom. The van der Waals surface area contributed by atoms with Crippen LogP contribution in [-0.2, 0) is 13.2 Å². The lowest BCUT2D eigenvalue weighted by atomic mass is 10.1. The summed E-state index contributed by atoms with van der Waals surface area (Å²) >= 11 is 6.17. The highest BCUT2D eigenvalue weighted by atomic mass is 35.5. The van der Waals surface area contributed by atoms with Crippen molar-refractivity contribution in [3.05, 3.63) is 94.2 Å². The van der Waals surface area contributed by atoms with E-state index in [0.717, 1.165) is 22.4 Å². The summed E-state index contributed by atoms with van der Waals surface area (Å²) in [6.45, 7) is 4.66. The van der Waals surface area contributed by atoms with E-state index in [4.69, 9.17) is 20.8 Å². The summed E-state index contributed by atoms with van der Waals surface area (Å²) in [5.41, 5.74) is 3.06. The quantitative estimate of drug-likeness (QED) is 0.439. The van der Waals surface area contributed by atoms with Crippen LogP contribution in [0.1, 0.15) is 33.0 Å². The van der Waals surface area contributed by atoms with Gasteiger partial charge >= 0.3 is 0 Å². The third-order valence-electron chi connectivity index (χ3n) is 4.65. The second-order valence-corrected chi connectivity index (χ2v) is 7.54. The highest BCUT2D eigenvalue weighted by molar-refractivity contribution is 6.31. The monoisotopic (exact) mass is 436 g/mol. The van der Waals surface area contributed by atoms with E-state index >= 15 is 0 Å². The molecule has 4 aromatic rings. The first kappa shape index (κ1) is 20.7. The molecule has 0 spiro atoms. The van der Waals surface area contributed by atoms with Crippen molar-refractivity contribution < 1.29 is 13.9 Å².